The second-order valence-electron chi connectivity index (χ2n) is 6.80. The van der Waals surface area contributed by atoms with Gasteiger partial charge in [-0.1, -0.05) is 67.0 Å². The number of amides is 1. The zero-order valence-electron chi connectivity index (χ0n) is 16.4. The van der Waals surface area contributed by atoms with Crippen LogP contribution in [-0.4, -0.2) is 35.0 Å². The fraction of sp³-hybridized carbons (Fsp3) is 0.400. The van der Waals surface area contributed by atoms with Crippen LogP contribution < -0.4 is 5.32 Å². The Morgan fingerprint density at radius 3 is 2.54 bits per heavy atom. The number of hydrogen-bond donors (Lipinski definition) is 1. The Morgan fingerprint density at radius 2 is 1.93 bits per heavy atom. The summed E-state index contributed by atoms with van der Waals surface area (Å²) >= 11 is 7.52. The third-order valence-corrected chi connectivity index (χ3v) is 5.13. The van der Waals surface area contributed by atoms with Gasteiger partial charge in [-0.25, -0.2) is 14.8 Å². The highest BCUT2D eigenvalue weighted by Gasteiger charge is 2.25. The van der Waals surface area contributed by atoms with Crippen molar-refractivity contribution in [3.63, 3.8) is 0 Å². The summed E-state index contributed by atoms with van der Waals surface area (Å²) in [5, 5.41) is 3.23. The van der Waals surface area contributed by atoms with Crippen LogP contribution in [0.15, 0.2) is 35.6 Å². The standard InChI is InChI=1S/C20H24ClN3O3S/c1-12(2)9-16(19(26)27-4)23-18(25)17-15(21)10-22-20(24-17)28-11-14-7-5-13(3)6-8-14/h5-8,10,12,16H,9,11H2,1-4H3,(H,23,25). The molecule has 28 heavy (non-hydrogen) atoms. The van der Waals surface area contributed by atoms with Gasteiger partial charge in [0.25, 0.3) is 5.91 Å². The Hall–Kier alpha value is -2.12. The van der Waals surface area contributed by atoms with Crippen LogP contribution in [0.25, 0.3) is 0 Å². The Morgan fingerprint density at radius 1 is 1.25 bits per heavy atom. The normalized spacial score (nSPS) is 11.9. The van der Waals surface area contributed by atoms with Crippen molar-refractivity contribution in [1.29, 1.82) is 0 Å². The van der Waals surface area contributed by atoms with Crippen LogP contribution >= 0.6 is 23.4 Å². The van der Waals surface area contributed by atoms with Crippen molar-refractivity contribution in [1.82, 2.24) is 15.3 Å². The molecule has 0 aliphatic carbocycles. The Balaban J connectivity index is 2.11. The van der Waals surface area contributed by atoms with E-state index in [0.717, 1.165) is 5.56 Å². The lowest BCUT2D eigenvalue weighted by Crippen LogP contribution is -2.42. The minimum Gasteiger partial charge on any atom is -0.467 e. The van der Waals surface area contributed by atoms with Crippen molar-refractivity contribution >= 4 is 35.2 Å². The predicted octanol–water partition coefficient (Wildman–Crippen LogP) is 4.05. The summed E-state index contributed by atoms with van der Waals surface area (Å²) in [6.07, 6.45) is 1.85. The van der Waals surface area contributed by atoms with E-state index in [2.05, 4.69) is 15.3 Å². The first-order valence-electron chi connectivity index (χ1n) is 8.89. The van der Waals surface area contributed by atoms with E-state index in [4.69, 9.17) is 16.3 Å². The van der Waals surface area contributed by atoms with Gasteiger partial charge >= 0.3 is 5.97 Å². The van der Waals surface area contributed by atoms with Crippen LogP contribution in [0, 0.1) is 12.8 Å². The number of nitrogens with one attached hydrogen (secondary N) is 1. The highest BCUT2D eigenvalue weighted by molar-refractivity contribution is 7.98. The quantitative estimate of drug-likeness (QED) is 0.393. The minimum atomic E-state index is -0.757. The molecule has 1 amide bonds. The number of aromatic nitrogens is 2. The average molecular weight is 422 g/mol. The summed E-state index contributed by atoms with van der Waals surface area (Å²) in [4.78, 5) is 33.0. The summed E-state index contributed by atoms with van der Waals surface area (Å²) in [5.41, 5.74) is 2.36. The molecule has 8 heteroatoms. The van der Waals surface area contributed by atoms with Crippen LogP contribution in [0.4, 0.5) is 0 Å². The highest BCUT2D eigenvalue weighted by atomic mass is 35.5. The molecule has 0 saturated carbocycles. The van der Waals surface area contributed by atoms with Gasteiger partial charge < -0.3 is 10.1 Å². The largest absolute Gasteiger partial charge is 0.467 e. The van der Waals surface area contributed by atoms with Crippen LogP contribution in [0.5, 0.6) is 0 Å². The Labute approximate surface area is 174 Å². The zero-order chi connectivity index (χ0) is 20.7. The molecule has 2 aromatic rings. The predicted molar refractivity (Wildman–Crippen MR) is 111 cm³/mol. The molecule has 0 aliphatic heterocycles. The second kappa shape index (κ2) is 10.4. The molecule has 1 unspecified atom stereocenters. The number of rotatable bonds is 8. The second-order valence-corrected chi connectivity index (χ2v) is 8.15. The molecule has 1 N–H and O–H groups in total. The summed E-state index contributed by atoms with van der Waals surface area (Å²) in [6.45, 7) is 5.95. The molecule has 0 aliphatic rings. The molecule has 1 atom stereocenters. The first-order valence-corrected chi connectivity index (χ1v) is 10.3. The number of carbonyl (C=O) groups excluding carboxylic acids is 2. The minimum absolute atomic E-state index is 0.0423. The first kappa shape index (κ1) is 22.2. The number of thioether (sulfide) groups is 1. The summed E-state index contributed by atoms with van der Waals surface area (Å²) in [6, 6.07) is 7.41. The van der Waals surface area contributed by atoms with Crippen molar-refractivity contribution in [3.8, 4) is 0 Å². The first-order chi connectivity index (χ1) is 13.3. The van der Waals surface area contributed by atoms with Gasteiger partial charge in [-0.05, 0) is 24.8 Å². The molecule has 2 rings (SSSR count). The molecule has 6 nitrogen and oxygen atoms in total. The Kier molecular flexibility index (Phi) is 8.26. The van der Waals surface area contributed by atoms with E-state index >= 15 is 0 Å². The number of hydrogen-bond acceptors (Lipinski definition) is 6. The Bertz CT molecular complexity index is 828. The monoisotopic (exact) mass is 421 g/mol. The summed E-state index contributed by atoms with van der Waals surface area (Å²) < 4.78 is 4.78. The molecule has 0 fully saturated rings. The number of nitrogens with zero attached hydrogens (tertiary/aromatic N) is 2. The van der Waals surface area contributed by atoms with E-state index in [9.17, 15) is 9.59 Å². The van der Waals surface area contributed by atoms with Gasteiger partial charge in [-0.15, -0.1) is 0 Å². The SMILES string of the molecule is COC(=O)C(CC(C)C)NC(=O)c1nc(SCc2ccc(C)cc2)ncc1Cl. The lowest BCUT2D eigenvalue weighted by atomic mass is 10.0. The van der Waals surface area contributed by atoms with Gasteiger partial charge in [-0.3, -0.25) is 4.79 Å². The van der Waals surface area contributed by atoms with Gasteiger partial charge in [0, 0.05) is 5.75 Å². The molecule has 1 aromatic heterocycles. The van der Waals surface area contributed by atoms with E-state index in [1.165, 1.54) is 30.6 Å². The van der Waals surface area contributed by atoms with Gasteiger partial charge in [-0.2, -0.15) is 0 Å². The molecule has 150 valence electrons. The number of halogens is 1. The van der Waals surface area contributed by atoms with Crippen LogP contribution in [0.3, 0.4) is 0 Å². The van der Waals surface area contributed by atoms with Crippen LogP contribution in [0.1, 0.15) is 41.9 Å². The van der Waals surface area contributed by atoms with E-state index in [1.807, 2.05) is 45.0 Å². The van der Waals surface area contributed by atoms with Crippen LogP contribution in [-0.2, 0) is 15.3 Å². The molecule has 0 spiro atoms. The lowest BCUT2D eigenvalue weighted by Gasteiger charge is -2.18. The molecule has 1 heterocycles. The molecular formula is C20H24ClN3O3S. The third-order valence-electron chi connectivity index (χ3n) is 3.92. The topological polar surface area (TPSA) is 81.2 Å². The number of esters is 1. The zero-order valence-corrected chi connectivity index (χ0v) is 17.9. The maximum atomic E-state index is 12.6. The highest BCUT2D eigenvalue weighted by Crippen LogP contribution is 2.22. The molecular weight excluding hydrogens is 398 g/mol. The maximum Gasteiger partial charge on any atom is 0.328 e. The van der Waals surface area contributed by atoms with Gasteiger partial charge in [0.15, 0.2) is 10.9 Å². The molecule has 0 radical (unpaired) electrons. The smallest absolute Gasteiger partial charge is 0.328 e. The van der Waals surface area contributed by atoms with E-state index in [0.29, 0.717) is 17.3 Å². The number of benzene rings is 1. The third kappa shape index (κ3) is 6.49. The van der Waals surface area contributed by atoms with Crippen molar-refractivity contribution in [2.24, 2.45) is 5.92 Å². The lowest BCUT2D eigenvalue weighted by molar-refractivity contribution is -0.143. The van der Waals surface area contributed by atoms with Crippen molar-refractivity contribution in [2.75, 3.05) is 7.11 Å². The average Bonchev–Trinajstić information content (AvgIpc) is 2.67. The summed E-state index contributed by atoms with van der Waals surface area (Å²) in [5.74, 6) is -0.158. The molecule has 0 saturated heterocycles. The molecule has 0 bridgehead atoms. The van der Waals surface area contributed by atoms with E-state index in [1.54, 1.807) is 0 Å². The fourth-order valence-corrected chi connectivity index (χ4v) is 3.41. The number of carbonyl (C=O) groups is 2. The van der Waals surface area contributed by atoms with Gasteiger partial charge in [0.1, 0.15) is 6.04 Å². The summed E-state index contributed by atoms with van der Waals surface area (Å²) in [7, 11) is 1.29. The van der Waals surface area contributed by atoms with Gasteiger partial charge in [0.2, 0.25) is 0 Å². The van der Waals surface area contributed by atoms with Crippen molar-refractivity contribution in [2.45, 2.75) is 44.1 Å². The van der Waals surface area contributed by atoms with Crippen LogP contribution in [0.2, 0.25) is 5.02 Å². The van der Waals surface area contributed by atoms with E-state index in [-0.39, 0.29) is 16.6 Å². The van der Waals surface area contributed by atoms with E-state index < -0.39 is 17.9 Å². The van der Waals surface area contributed by atoms with Crippen molar-refractivity contribution < 1.29 is 14.3 Å². The maximum absolute atomic E-state index is 12.6. The van der Waals surface area contributed by atoms with Gasteiger partial charge in [0.05, 0.1) is 18.3 Å². The molecule has 1 aromatic carbocycles. The van der Waals surface area contributed by atoms with Crippen molar-refractivity contribution in [3.05, 3.63) is 52.3 Å². The number of aryl methyl sites for hydroxylation is 1. The fourth-order valence-electron chi connectivity index (χ4n) is 2.47. The number of ether oxygens (including phenoxy) is 1. The number of methoxy groups -OCH3 is 1.